The largest absolute Gasteiger partial charge is 0.236 e. The molecule has 0 aromatic carbocycles. The molecular formula is C15H13Br2FN2Si. The summed E-state index contributed by atoms with van der Waals surface area (Å²) in [6.45, 7) is 6.51. The Labute approximate surface area is 141 Å². The lowest BCUT2D eigenvalue weighted by Crippen LogP contribution is -2.16. The van der Waals surface area contributed by atoms with Crippen molar-refractivity contribution >= 4 is 39.9 Å². The van der Waals surface area contributed by atoms with E-state index >= 15 is 0 Å². The van der Waals surface area contributed by atoms with Gasteiger partial charge in [-0.2, -0.15) is 4.39 Å². The van der Waals surface area contributed by atoms with Crippen molar-refractivity contribution < 1.29 is 4.39 Å². The lowest BCUT2D eigenvalue weighted by atomic mass is 10.2. The van der Waals surface area contributed by atoms with Crippen LogP contribution in [0.1, 0.15) is 5.69 Å². The average molecular weight is 428 g/mol. The molecule has 0 bridgehead atoms. The minimum absolute atomic E-state index is 0.457. The van der Waals surface area contributed by atoms with Crippen molar-refractivity contribution in [2.75, 3.05) is 0 Å². The van der Waals surface area contributed by atoms with Crippen molar-refractivity contribution in [3.63, 3.8) is 0 Å². The summed E-state index contributed by atoms with van der Waals surface area (Å²) >= 11 is 6.81. The molecule has 2 heterocycles. The highest BCUT2D eigenvalue weighted by molar-refractivity contribution is 9.11. The summed E-state index contributed by atoms with van der Waals surface area (Å²) in [5.41, 5.74) is 4.96. The van der Waals surface area contributed by atoms with Crippen LogP contribution in [-0.4, -0.2) is 18.0 Å². The van der Waals surface area contributed by atoms with Crippen molar-refractivity contribution in [3.8, 4) is 22.9 Å². The standard InChI is InChI=1S/C15H13Br2FN2Si/c1-21(2,3)9-8-10-4-5-11(16)14(19-10)15-12(17)6-7-13(18)20-15/h4-7H,1-3H3. The van der Waals surface area contributed by atoms with Gasteiger partial charge in [0.1, 0.15) is 25.2 Å². The number of aromatic nitrogens is 2. The van der Waals surface area contributed by atoms with Crippen LogP contribution in [0, 0.1) is 17.4 Å². The Morgan fingerprint density at radius 1 is 0.952 bits per heavy atom. The zero-order chi connectivity index (χ0) is 15.6. The molecule has 0 N–H and O–H groups in total. The zero-order valence-electron chi connectivity index (χ0n) is 11.8. The van der Waals surface area contributed by atoms with Crippen molar-refractivity contribution in [2.24, 2.45) is 0 Å². The molecule has 0 saturated heterocycles. The minimum Gasteiger partial charge on any atom is -0.236 e. The van der Waals surface area contributed by atoms with E-state index in [2.05, 4.69) is 72.9 Å². The Bertz CT molecular complexity index is 746. The average Bonchev–Trinajstić information content (AvgIpc) is 2.40. The molecule has 0 fully saturated rings. The summed E-state index contributed by atoms with van der Waals surface area (Å²) in [7, 11) is -1.47. The van der Waals surface area contributed by atoms with Gasteiger partial charge in [0.2, 0.25) is 5.95 Å². The third kappa shape index (κ3) is 4.47. The topological polar surface area (TPSA) is 25.8 Å². The normalized spacial score (nSPS) is 11.0. The van der Waals surface area contributed by atoms with Crippen molar-refractivity contribution in [1.29, 1.82) is 0 Å². The van der Waals surface area contributed by atoms with Crippen LogP contribution in [0.25, 0.3) is 11.4 Å². The monoisotopic (exact) mass is 426 g/mol. The van der Waals surface area contributed by atoms with Gasteiger partial charge in [0.05, 0.1) is 0 Å². The molecule has 0 saturated carbocycles. The van der Waals surface area contributed by atoms with Crippen LogP contribution in [0.5, 0.6) is 0 Å². The van der Waals surface area contributed by atoms with E-state index in [0.29, 0.717) is 21.6 Å². The lowest BCUT2D eigenvalue weighted by Gasteiger charge is -2.07. The van der Waals surface area contributed by atoms with Crippen LogP contribution in [0.2, 0.25) is 19.6 Å². The molecule has 21 heavy (non-hydrogen) atoms. The first kappa shape index (κ1) is 16.3. The molecule has 0 aliphatic rings. The zero-order valence-corrected chi connectivity index (χ0v) is 16.0. The van der Waals surface area contributed by atoms with E-state index in [0.717, 1.165) is 4.47 Å². The highest BCUT2D eigenvalue weighted by Crippen LogP contribution is 2.30. The maximum atomic E-state index is 13.4. The van der Waals surface area contributed by atoms with Crippen molar-refractivity contribution in [3.05, 3.63) is 44.9 Å². The second-order valence-corrected chi connectivity index (χ2v) is 12.0. The first-order valence-corrected chi connectivity index (χ1v) is 11.4. The molecular weight excluding hydrogens is 415 g/mol. The fraction of sp³-hybridized carbons (Fsp3) is 0.200. The van der Waals surface area contributed by atoms with E-state index in [1.165, 1.54) is 6.07 Å². The number of halogens is 3. The molecule has 6 heteroatoms. The molecule has 0 aliphatic carbocycles. The molecule has 2 aromatic heterocycles. The van der Waals surface area contributed by atoms with E-state index in [9.17, 15) is 4.39 Å². The molecule has 0 unspecified atom stereocenters. The molecule has 108 valence electrons. The molecule has 0 aliphatic heterocycles. The molecule has 2 aromatic rings. The van der Waals surface area contributed by atoms with Gasteiger partial charge in [-0.15, -0.1) is 5.54 Å². The molecule has 2 rings (SSSR count). The lowest BCUT2D eigenvalue weighted by molar-refractivity contribution is 0.584. The van der Waals surface area contributed by atoms with Crippen LogP contribution in [0.4, 0.5) is 4.39 Å². The van der Waals surface area contributed by atoms with E-state index < -0.39 is 14.0 Å². The third-order valence-electron chi connectivity index (χ3n) is 2.45. The summed E-state index contributed by atoms with van der Waals surface area (Å²) in [6.07, 6.45) is 0. The summed E-state index contributed by atoms with van der Waals surface area (Å²) < 4.78 is 14.8. The smallest absolute Gasteiger partial charge is 0.213 e. The Morgan fingerprint density at radius 2 is 1.52 bits per heavy atom. The summed E-state index contributed by atoms with van der Waals surface area (Å²) in [4.78, 5) is 8.40. The number of pyridine rings is 2. The highest BCUT2D eigenvalue weighted by Gasteiger charge is 2.13. The molecule has 0 atom stereocenters. The number of nitrogens with zero attached hydrogens (tertiary/aromatic N) is 2. The second-order valence-electron chi connectivity index (χ2n) is 5.49. The summed E-state index contributed by atoms with van der Waals surface area (Å²) in [5, 5.41) is 0. The Kier molecular flexibility index (Phi) is 4.97. The number of hydrogen-bond donors (Lipinski definition) is 0. The van der Waals surface area contributed by atoms with E-state index in [4.69, 9.17) is 0 Å². The predicted molar refractivity (Wildman–Crippen MR) is 93.1 cm³/mol. The number of hydrogen-bond acceptors (Lipinski definition) is 2. The Balaban J connectivity index is 2.54. The number of rotatable bonds is 1. The van der Waals surface area contributed by atoms with E-state index in [1.54, 1.807) is 6.07 Å². The van der Waals surface area contributed by atoms with Crippen LogP contribution in [0.15, 0.2) is 33.2 Å². The third-order valence-corrected chi connectivity index (χ3v) is 4.60. The fourth-order valence-electron chi connectivity index (χ4n) is 1.51. The SMILES string of the molecule is C[Si](C)(C)C#Cc1ccc(Br)c(-c2nc(F)ccc2Br)n1. The van der Waals surface area contributed by atoms with E-state index in [1.807, 2.05) is 12.1 Å². The maximum absolute atomic E-state index is 13.4. The van der Waals surface area contributed by atoms with Crippen LogP contribution < -0.4 is 0 Å². The predicted octanol–water partition coefficient (Wildman–Crippen LogP) is 5.04. The fourth-order valence-corrected chi connectivity index (χ4v) is 2.83. The van der Waals surface area contributed by atoms with Gasteiger partial charge in [-0.25, -0.2) is 9.97 Å². The first-order valence-electron chi connectivity index (χ1n) is 6.28. The van der Waals surface area contributed by atoms with Gasteiger partial charge in [-0.3, -0.25) is 0 Å². The molecule has 0 radical (unpaired) electrons. The Hall–Kier alpha value is -1.03. The summed E-state index contributed by atoms with van der Waals surface area (Å²) in [5.74, 6) is 2.56. The van der Waals surface area contributed by atoms with Crippen LogP contribution in [0.3, 0.4) is 0 Å². The van der Waals surface area contributed by atoms with Gasteiger partial charge in [0, 0.05) is 8.95 Å². The molecule has 0 amide bonds. The van der Waals surface area contributed by atoms with Crippen LogP contribution >= 0.6 is 31.9 Å². The molecule has 0 spiro atoms. The van der Waals surface area contributed by atoms with Crippen LogP contribution in [-0.2, 0) is 0 Å². The van der Waals surface area contributed by atoms with Gasteiger partial charge >= 0.3 is 0 Å². The van der Waals surface area contributed by atoms with Crippen molar-refractivity contribution in [1.82, 2.24) is 9.97 Å². The second kappa shape index (κ2) is 6.38. The van der Waals surface area contributed by atoms with Gasteiger partial charge in [-0.05, 0) is 56.1 Å². The Morgan fingerprint density at radius 3 is 2.14 bits per heavy atom. The molecule has 2 nitrogen and oxygen atoms in total. The van der Waals surface area contributed by atoms with Gasteiger partial charge in [0.15, 0.2) is 0 Å². The maximum Gasteiger partial charge on any atom is 0.213 e. The quantitative estimate of drug-likeness (QED) is 0.362. The van der Waals surface area contributed by atoms with Crippen molar-refractivity contribution in [2.45, 2.75) is 19.6 Å². The van der Waals surface area contributed by atoms with E-state index in [-0.39, 0.29) is 0 Å². The minimum atomic E-state index is -1.47. The summed E-state index contributed by atoms with van der Waals surface area (Å²) in [6, 6.07) is 6.62. The van der Waals surface area contributed by atoms with Gasteiger partial charge in [0.25, 0.3) is 0 Å². The van der Waals surface area contributed by atoms with Gasteiger partial charge < -0.3 is 0 Å². The van der Waals surface area contributed by atoms with Gasteiger partial charge in [-0.1, -0.05) is 25.6 Å². The highest BCUT2D eigenvalue weighted by atomic mass is 79.9. The first-order chi connectivity index (χ1) is 9.76.